The van der Waals surface area contributed by atoms with Crippen LogP contribution in [0.5, 0.6) is 0 Å². The van der Waals surface area contributed by atoms with Crippen molar-refractivity contribution >= 4 is 35.0 Å². The quantitative estimate of drug-likeness (QED) is 0.906. The second-order valence-corrected chi connectivity index (χ2v) is 6.36. The Kier molecular flexibility index (Phi) is 5.27. The Bertz CT molecular complexity index is 425. The number of nitrogens with zero attached hydrogens (tertiary/aromatic N) is 1. The molecule has 1 aliphatic rings. The maximum Gasteiger partial charge on any atom is 0.313 e. The zero-order chi connectivity index (χ0) is 13.7. The number of carboxylic acids is 1. The van der Waals surface area contributed by atoms with Crippen LogP contribution in [-0.2, 0) is 9.59 Å². The van der Waals surface area contributed by atoms with Crippen LogP contribution in [-0.4, -0.2) is 46.5 Å². The molecule has 6 heteroatoms. The van der Waals surface area contributed by atoms with Crippen molar-refractivity contribution in [3.05, 3.63) is 22.4 Å². The Balaban J connectivity index is 1.73. The van der Waals surface area contributed by atoms with Gasteiger partial charge in [-0.25, -0.2) is 0 Å². The number of amides is 1. The molecule has 1 amide bonds. The van der Waals surface area contributed by atoms with Crippen molar-refractivity contribution in [3.63, 3.8) is 0 Å². The first-order valence-electron chi connectivity index (χ1n) is 6.26. The molecule has 1 saturated heterocycles. The summed E-state index contributed by atoms with van der Waals surface area (Å²) in [5, 5.41) is 12.8. The van der Waals surface area contributed by atoms with Gasteiger partial charge in [0.1, 0.15) is 0 Å². The monoisotopic (exact) mass is 299 g/mol. The maximum atomic E-state index is 11.9. The van der Waals surface area contributed by atoms with E-state index in [2.05, 4.69) is 16.8 Å². The van der Waals surface area contributed by atoms with Crippen LogP contribution in [0.15, 0.2) is 16.8 Å². The third-order valence-corrected chi connectivity index (χ3v) is 4.92. The first-order valence-corrected chi connectivity index (χ1v) is 8.36. The highest BCUT2D eigenvalue weighted by atomic mass is 32.2. The standard InChI is InChI=1S/C13H17NO3S2/c15-12(8-19-9-13(16)17)14-4-1-10(2-5-14)11-3-6-18-7-11/h3,6-7,10H,1-2,4-5,8-9H2,(H,16,17). The largest absolute Gasteiger partial charge is 0.481 e. The Morgan fingerprint density at radius 3 is 2.68 bits per heavy atom. The normalized spacial score (nSPS) is 16.5. The van der Waals surface area contributed by atoms with Crippen molar-refractivity contribution in [1.82, 2.24) is 4.90 Å². The molecule has 0 spiro atoms. The minimum atomic E-state index is -0.867. The smallest absolute Gasteiger partial charge is 0.313 e. The Labute approximate surface area is 120 Å². The van der Waals surface area contributed by atoms with E-state index in [0.717, 1.165) is 25.9 Å². The van der Waals surface area contributed by atoms with Crippen LogP contribution in [0.4, 0.5) is 0 Å². The zero-order valence-electron chi connectivity index (χ0n) is 10.6. The summed E-state index contributed by atoms with van der Waals surface area (Å²) in [7, 11) is 0. The van der Waals surface area contributed by atoms with E-state index in [9.17, 15) is 9.59 Å². The summed E-state index contributed by atoms with van der Waals surface area (Å²) < 4.78 is 0. The van der Waals surface area contributed by atoms with Gasteiger partial charge in [-0.1, -0.05) is 0 Å². The van der Waals surface area contributed by atoms with E-state index < -0.39 is 5.97 Å². The molecule has 0 aromatic carbocycles. The first-order chi connectivity index (χ1) is 9.16. The van der Waals surface area contributed by atoms with Gasteiger partial charge in [0.25, 0.3) is 0 Å². The van der Waals surface area contributed by atoms with Gasteiger partial charge in [-0.2, -0.15) is 11.3 Å². The van der Waals surface area contributed by atoms with Gasteiger partial charge in [0, 0.05) is 13.1 Å². The van der Waals surface area contributed by atoms with Gasteiger partial charge in [0.2, 0.25) is 5.91 Å². The van der Waals surface area contributed by atoms with Crippen molar-refractivity contribution in [2.45, 2.75) is 18.8 Å². The average Bonchev–Trinajstić information content (AvgIpc) is 2.92. The fraction of sp³-hybridized carbons (Fsp3) is 0.538. The molecule has 1 aliphatic heterocycles. The van der Waals surface area contributed by atoms with Crippen LogP contribution in [0.1, 0.15) is 24.3 Å². The van der Waals surface area contributed by atoms with Crippen molar-refractivity contribution in [3.8, 4) is 0 Å². The van der Waals surface area contributed by atoms with Crippen LogP contribution in [0, 0.1) is 0 Å². The lowest BCUT2D eigenvalue weighted by molar-refractivity contribution is -0.133. The fourth-order valence-corrected chi connectivity index (χ4v) is 3.66. The molecule has 1 N–H and O–H groups in total. The number of piperidine rings is 1. The van der Waals surface area contributed by atoms with Crippen molar-refractivity contribution < 1.29 is 14.7 Å². The van der Waals surface area contributed by atoms with E-state index in [1.165, 1.54) is 17.3 Å². The number of hydrogen-bond donors (Lipinski definition) is 1. The molecule has 2 heterocycles. The Morgan fingerprint density at radius 2 is 2.11 bits per heavy atom. The van der Waals surface area contributed by atoms with Crippen LogP contribution in [0.3, 0.4) is 0 Å². The molecule has 1 aromatic heterocycles. The van der Waals surface area contributed by atoms with E-state index in [1.807, 2.05) is 4.90 Å². The number of likely N-dealkylation sites (tertiary alicyclic amines) is 1. The van der Waals surface area contributed by atoms with E-state index in [0.29, 0.717) is 5.92 Å². The topological polar surface area (TPSA) is 57.6 Å². The number of carboxylic acid groups (broad SMARTS) is 1. The number of carbonyl (C=O) groups excluding carboxylic acids is 1. The van der Waals surface area contributed by atoms with Crippen molar-refractivity contribution in [2.75, 3.05) is 24.6 Å². The lowest BCUT2D eigenvalue weighted by Gasteiger charge is -2.31. The van der Waals surface area contributed by atoms with Gasteiger partial charge >= 0.3 is 5.97 Å². The molecule has 1 aromatic rings. The van der Waals surface area contributed by atoms with Crippen LogP contribution in [0.2, 0.25) is 0 Å². The number of hydrogen-bond acceptors (Lipinski definition) is 4. The van der Waals surface area contributed by atoms with Crippen LogP contribution in [0.25, 0.3) is 0 Å². The molecular formula is C13H17NO3S2. The lowest BCUT2D eigenvalue weighted by atomic mass is 9.91. The fourth-order valence-electron chi connectivity index (χ4n) is 2.29. The third-order valence-electron chi connectivity index (χ3n) is 3.31. The third kappa shape index (κ3) is 4.24. The number of carbonyl (C=O) groups is 2. The van der Waals surface area contributed by atoms with E-state index in [-0.39, 0.29) is 17.4 Å². The number of thioether (sulfide) groups is 1. The average molecular weight is 299 g/mol. The summed E-state index contributed by atoms with van der Waals surface area (Å²) in [5.74, 6) is 0.0398. The molecule has 1 fully saturated rings. The lowest BCUT2D eigenvalue weighted by Crippen LogP contribution is -2.39. The van der Waals surface area contributed by atoms with E-state index >= 15 is 0 Å². The molecule has 0 unspecified atom stereocenters. The Morgan fingerprint density at radius 1 is 1.37 bits per heavy atom. The molecule has 2 rings (SSSR count). The van der Waals surface area contributed by atoms with Gasteiger partial charge in [-0.3, -0.25) is 9.59 Å². The predicted molar refractivity (Wildman–Crippen MR) is 77.8 cm³/mol. The predicted octanol–water partition coefficient (Wildman–Crippen LogP) is 2.27. The number of thiophene rings is 1. The summed E-state index contributed by atoms with van der Waals surface area (Å²) in [6.07, 6.45) is 2.01. The highest BCUT2D eigenvalue weighted by Gasteiger charge is 2.23. The summed E-state index contributed by atoms with van der Waals surface area (Å²) in [6.45, 7) is 1.57. The summed E-state index contributed by atoms with van der Waals surface area (Å²) >= 11 is 2.89. The van der Waals surface area contributed by atoms with E-state index in [4.69, 9.17) is 5.11 Å². The minimum Gasteiger partial charge on any atom is -0.481 e. The molecule has 19 heavy (non-hydrogen) atoms. The Hall–Kier alpha value is -1.01. The highest BCUT2D eigenvalue weighted by molar-refractivity contribution is 8.00. The van der Waals surface area contributed by atoms with Crippen molar-refractivity contribution in [1.29, 1.82) is 0 Å². The van der Waals surface area contributed by atoms with Gasteiger partial charge < -0.3 is 10.0 Å². The van der Waals surface area contributed by atoms with Gasteiger partial charge in [-0.15, -0.1) is 11.8 Å². The second-order valence-electron chi connectivity index (χ2n) is 4.60. The second kappa shape index (κ2) is 6.96. The summed E-state index contributed by atoms with van der Waals surface area (Å²) in [4.78, 5) is 24.1. The molecule has 0 radical (unpaired) electrons. The summed E-state index contributed by atoms with van der Waals surface area (Å²) in [6, 6.07) is 2.16. The number of rotatable bonds is 5. The van der Waals surface area contributed by atoms with Gasteiger partial charge in [0.05, 0.1) is 11.5 Å². The summed E-state index contributed by atoms with van der Waals surface area (Å²) in [5.41, 5.74) is 1.39. The molecule has 4 nitrogen and oxygen atoms in total. The molecule has 0 aliphatic carbocycles. The van der Waals surface area contributed by atoms with Gasteiger partial charge in [-0.05, 0) is 41.1 Å². The van der Waals surface area contributed by atoms with Crippen LogP contribution < -0.4 is 0 Å². The first kappa shape index (κ1) is 14.4. The maximum absolute atomic E-state index is 11.9. The molecule has 0 atom stereocenters. The molecule has 0 saturated carbocycles. The number of aliphatic carboxylic acids is 1. The molecule has 0 bridgehead atoms. The zero-order valence-corrected chi connectivity index (χ0v) is 12.2. The van der Waals surface area contributed by atoms with Crippen LogP contribution >= 0.6 is 23.1 Å². The minimum absolute atomic E-state index is 0.00287. The van der Waals surface area contributed by atoms with E-state index in [1.54, 1.807) is 11.3 Å². The van der Waals surface area contributed by atoms with Gasteiger partial charge in [0.15, 0.2) is 0 Å². The van der Waals surface area contributed by atoms with Crippen molar-refractivity contribution in [2.24, 2.45) is 0 Å². The highest BCUT2D eigenvalue weighted by Crippen LogP contribution is 2.29. The molecule has 104 valence electrons. The molecular weight excluding hydrogens is 282 g/mol. The SMILES string of the molecule is O=C(O)CSCC(=O)N1CCC(c2ccsc2)CC1.